The molecule has 1 atom stereocenters. The van der Waals surface area contributed by atoms with Crippen molar-refractivity contribution in [2.45, 2.75) is 25.8 Å². The predicted molar refractivity (Wildman–Crippen MR) is 135 cm³/mol. The van der Waals surface area contributed by atoms with Crippen LogP contribution in [-0.4, -0.2) is 30.1 Å². The first-order chi connectivity index (χ1) is 16.5. The Balaban J connectivity index is 1.53. The highest BCUT2D eigenvalue weighted by atomic mass is 35.5. The van der Waals surface area contributed by atoms with E-state index in [0.717, 1.165) is 23.2 Å². The Labute approximate surface area is 203 Å². The van der Waals surface area contributed by atoms with Gasteiger partial charge < -0.3 is 15.5 Å². The van der Waals surface area contributed by atoms with Gasteiger partial charge in [0, 0.05) is 29.0 Å². The van der Waals surface area contributed by atoms with Crippen LogP contribution in [0.15, 0.2) is 72.8 Å². The number of fused-ring (bicyclic) bond motifs is 1. The molecule has 1 aliphatic heterocycles. The number of anilines is 2. The fourth-order valence-electron chi connectivity index (χ4n) is 4.23. The SMILES string of the molecule is Cc1ccccc1C(=O)Nc1ccc(C(=O)N2CCCC(NC(=O)CCl)c3ccccc32)cc1. The summed E-state index contributed by atoms with van der Waals surface area (Å²) in [6, 6.07) is 21.7. The molecule has 3 amide bonds. The van der Waals surface area contributed by atoms with Crippen LogP contribution in [0, 0.1) is 6.92 Å². The van der Waals surface area contributed by atoms with E-state index in [0.29, 0.717) is 29.8 Å². The Bertz CT molecular complexity index is 1210. The molecule has 0 spiro atoms. The zero-order valence-corrected chi connectivity index (χ0v) is 19.6. The summed E-state index contributed by atoms with van der Waals surface area (Å²) in [5.41, 5.74) is 4.32. The maximum Gasteiger partial charge on any atom is 0.258 e. The summed E-state index contributed by atoms with van der Waals surface area (Å²) < 4.78 is 0. The van der Waals surface area contributed by atoms with Gasteiger partial charge in [-0.2, -0.15) is 0 Å². The average molecular weight is 476 g/mol. The van der Waals surface area contributed by atoms with Crippen LogP contribution >= 0.6 is 11.6 Å². The van der Waals surface area contributed by atoms with Crippen molar-refractivity contribution < 1.29 is 14.4 Å². The van der Waals surface area contributed by atoms with Gasteiger partial charge in [-0.05, 0) is 67.3 Å². The van der Waals surface area contributed by atoms with Gasteiger partial charge in [0.25, 0.3) is 11.8 Å². The number of para-hydroxylation sites is 1. The average Bonchev–Trinajstić information content (AvgIpc) is 3.04. The maximum atomic E-state index is 13.4. The first-order valence-electron chi connectivity index (χ1n) is 11.2. The van der Waals surface area contributed by atoms with Crippen LogP contribution in [-0.2, 0) is 4.79 Å². The molecule has 174 valence electrons. The Morgan fingerprint density at radius 2 is 1.68 bits per heavy atom. The molecular weight excluding hydrogens is 450 g/mol. The van der Waals surface area contributed by atoms with E-state index in [2.05, 4.69) is 10.6 Å². The molecule has 0 saturated carbocycles. The molecule has 1 heterocycles. The van der Waals surface area contributed by atoms with Crippen molar-refractivity contribution in [2.24, 2.45) is 0 Å². The lowest BCUT2D eigenvalue weighted by Gasteiger charge is -2.24. The lowest BCUT2D eigenvalue weighted by molar-refractivity contribution is -0.119. The van der Waals surface area contributed by atoms with Crippen molar-refractivity contribution in [3.05, 3.63) is 95.1 Å². The van der Waals surface area contributed by atoms with E-state index in [1.807, 2.05) is 49.4 Å². The molecule has 0 fully saturated rings. The fourth-order valence-corrected chi connectivity index (χ4v) is 4.31. The minimum atomic E-state index is -0.232. The number of benzene rings is 3. The van der Waals surface area contributed by atoms with Crippen LogP contribution in [0.3, 0.4) is 0 Å². The van der Waals surface area contributed by atoms with Crippen LogP contribution in [0.1, 0.15) is 50.7 Å². The largest absolute Gasteiger partial charge is 0.348 e. The Kier molecular flexibility index (Phi) is 7.28. The van der Waals surface area contributed by atoms with E-state index < -0.39 is 0 Å². The quantitative estimate of drug-likeness (QED) is 0.505. The van der Waals surface area contributed by atoms with Crippen LogP contribution in [0.25, 0.3) is 0 Å². The van der Waals surface area contributed by atoms with Crippen LogP contribution in [0.2, 0.25) is 0 Å². The lowest BCUT2D eigenvalue weighted by atomic mass is 10.0. The molecule has 2 N–H and O–H groups in total. The molecule has 3 aromatic rings. The highest BCUT2D eigenvalue weighted by Gasteiger charge is 2.27. The number of nitrogens with one attached hydrogen (secondary N) is 2. The molecular formula is C27H26ClN3O3. The minimum Gasteiger partial charge on any atom is -0.348 e. The van der Waals surface area contributed by atoms with Gasteiger partial charge in [0.2, 0.25) is 5.91 Å². The summed E-state index contributed by atoms with van der Waals surface area (Å²) in [4.78, 5) is 39.7. The second kappa shape index (κ2) is 10.5. The number of amides is 3. The van der Waals surface area contributed by atoms with Crippen molar-refractivity contribution in [1.29, 1.82) is 0 Å². The molecule has 34 heavy (non-hydrogen) atoms. The van der Waals surface area contributed by atoms with Crippen molar-refractivity contribution in [3.63, 3.8) is 0 Å². The molecule has 1 aliphatic rings. The molecule has 0 aromatic heterocycles. The van der Waals surface area contributed by atoms with E-state index in [1.54, 1.807) is 35.2 Å². The third kappa shape index (κ3) is 5.13. The van der Waals surface area contributed by atoms with E-state index in [1.165, 1.54) is 0 Å². The van der Waals surface area contributed by atoms with Gasteiger partial charge >= 0.3 is 0 Å². The zero-order valence-electron chi connectivity index (χ0n) is 18.9. The number of halogens is 1. The summed E-state index contributed by atoms with van der Waals surface area (Å²) >= 11 is 5.68. The number of alkyl halides is 1. The van der Waals surface area contributed by atoms with Gasteiger partial charge in [0.05, 0.1) is 6.04 Å². The van der Waals surface area contributed by atoms with Crippen molar-refractivity contribution in [2.75, 3.05) is 22.6 Å². The smallest absolute Gasteiger partial charge is 0.258 e. The molecule has 7 heteroatoms. The maximum absolute atomic E-state index is 13.4. The van der Waals surface area contributed by atoms with Crippen LogP contribution in [0.4, 0.5) is 11.4 Å². The van der Waals surface area contributed by atoms with Crippen molar-refractivity contribution >= 4 is 40.7 Å². The van der Waals surface area contributed by atoms with E-state index in [-0.39, 0.29) is 29.6 Å². The van der Waals surface area contributed by atoms with Gasteiger partial charge in [-0.25, -0.2) is 0 Å². The second-order valence-corrected chi connectivity index (χ2v) is 8.53. The third-order valence-electron chi connectivity index (χ3n) is 5.96. The van der Waals surface area contributed by atoms with Gasteiger partial charge in [-0.1, -0.05) is 36.4 Å². The van der Waals surface area contributed by atoms with E-state index >= 15 is 0 Å². The molecule has 4 rings (SSSR count). The monoisotopic (exact) mass is 475 g/mol. The van der Waals surface area contributed by atoms with Crippen molar-refractivity contribution in [1.82, 2.24) is 5.32 Å². The van der Waals surface area contributed by atoms with Gasteiger partial charge in [0.15, 0.2) is 0 Å². The third-order valence-corrected chi connectivity index (χ3v) is 6.20. The summed E-state index contributed by atoms with van der Waals surface area (Å²) in [6.45, 7) is 2.43. The Hall–Kier alpha value is -3.64. The number of nitrogens with zero attached hydrogens (tertiary/aromatic N) is 1. The van der Waals surface area contributed by atoms with E-state index in [4.69, 9.17) is 11.6 Å². The normalized spacial score (nSPS) is 15.1. The summed E-state index contributed by atoms with van der Waals surface area (Å²) in [5, 5.41) is 5.84. The highest BCUT2D eigenvalue weighted by Crippen LogP contribution is 2.34. The predicted octanol–water partition coefficient (Wildman–Crippen LogP) is 5.08. The number of rotatable bonds is 5. The summed E-state index contributed by atoms with van der Waals surface area (Å²) in [5.74, 6) is -0.657. The Morgan fingerprint density at radius 1 is 0.971 bits per heavy atom. The van der Waals surface area contributed by atoms with Crippen LogP contribution in [0.5, 0.6) is 0 Å². The molecule has 1 unspecified atom stereocenters. The Morgan fingerprint density at radius 3 is 2.41 bits per heavy atom. The van der Waals surface area contributed by atoms with Crippen molar-refractivity contribution in [3.8, 4) is 0 Å². The van der Waals surface area contributed by atoms with E-state index in [9.17, 15) is 14.4 Å². The number of aryl methyl sites for hydroxylation is 1. The number of carbonyl (C=O) groups excluding carboxylic acids is 3. The summed E-state index contributed by atoms with van der Waals surface area (Å²) in [7, 11) is 0. The lowest BCUT2D eigenvalue weighted by Crippen LogP contribution is -2.32. The van der Waals surface area contributed by atoms with Gasteiger partial charge in [-0.3, -0.25) is 14.4 Å². The fraction of sp³-hybridized carbons (Fsp3) is 0.222. The molecule has 0 aliphatic carbocycles. The summed E-state index contributed by atoms with van der Waals surface area (Å²) in [6.07, 6.45) is 1.45. The molecule has 0 radical (unpaired) electrons. The molecule has 0 bridgehead atoms. The highest BCUT2D eigenvalue weighted by molar-refractivity contribution is 6.27. The van der Waals surface area contributed by atoms with Crippen LogP contribution < -0.4 is 15.5 Å². The number of hydrogen-bond donors (Lipinski definition) is 2. The minimum absolute atomic E-state index is 0.103. The molecule has 0 saturated heterocycles. The first kappa shape index (κ1) is 23.5. The molecule has 6 nitrogen and oxygen atoms in total. The number of hydrogen-bond acceptors (Lipinski definition) is 3. The van der Waals surface area contributed by atoms with Gasteiger partial charge in [-0.15, -0.1) is 11.6 Å². The van der Waals surface area contributed by atoms with Gasteiger partial charge in [0.1, 0.15) is 5.88 Å². The zero-order chi connectivity index (χ0) is 24.1. The topological polar surface area (TPSA) is 78.5 Å². The standard InChI is InChI=1S/C27H26ClN3O3/c1-18-7-2-3-8-21(18)26(33)29-20-14-12-19(13-15-20)27(34)31-16-6-10-23(30-25(32)17-28)22-9-4-5-11-24(22)31/h2-5,7-9,11-15,23H,6,10,16-17H2,1H3,(H,29,33)(H,30,32). The number of carbonyl (C=O) groups is 3. The molecule has 3 aromatic carbocycles. The second-order valence-electron chi connectivity index (χ2n) is 8.26. The first-order valence-corrected chi connectivity index (χ1v) is 11.7.